The first kappa shape index (κ1) is 37.0. The third kappa shape index (κ3) is 8.64. The fourth-order valence-electron chi connectivity index (χ4n) is 6.52. The molecule has 1 amide bonds. The number of carboxylic acids is 1. The zero-order chi connectivity index (χ0) is 33.2. The van der Waals surface area contributed by atoms with Gasteiger partial charge in [0.05, 0.1) is 12.5 Å². The molecule has 1 aliphatic heterocycles. The number of carbonyl (C=O) groups excluding carboxylic acids is 1. The number of hydrogen-bond donors (Lipinski definition) is 2. The highest BCUT2D eigenvalue weighted by atomic mass is 32.1. The van der Waals surface area contributed by atoms with Crippen molar-refractivity contribution in [1.29, 1.82) is 0 Å². The molecule has 0 spiro atoms. The number of aromatic nitrogens is 1. The second-order valence-corrected chi connectivity index (χ2v) is 13.3. The number of nitrogens with one attached hydrogen (secondary N) is 1. The summed E-state index contributed by atoms with van der Waals surface area (Å²) in [7, 11) is 0. The number of benzene rings is 2. The van der Waals surface area contributed by atoms with E-state index in [0.717, 1.165) is 37.2 Å². The number of rotatable bonds is 12. The van der Waals surface area contributed by atoms with Crippen molar-refractivity contribution < 1.29 is 23.5 Å². The zero-order valence-electron chi connectivity index (χ0n) is 27.8. The Kier molecular flexibility index (Phi) is 12.4. The van der Waals surface area contributed by atoms with E-state index in [-0.39, 0.29) is 41.9 Å². The monoisotopic (exact) mass is 655 g/mol. The van der Waals surface area contributed by atoms with Crippen molar-refractivity contribution in [3.63, 3.8) is 0 Å². The van der Waals surface area contributed by atoms with Crippen LogP contribution in [0.3, 0.4) is 0 Å². The maximum Gasteiger partial charge on any atom is 0.305 e. The SMILES string of the molecule is Cc1cc(=O)n(C(CC(C)C)C(=O)N[C@@H](CC(=O)O)c2cc(-c3c(C)cc(F)cc3C)cc(C)c2F)cc1CCN1CC(C)C1.S. The van der Waals surface area contributed by atoms with Gasteiger partial charge in [0, 0.05) is 37.5 Å². The topological polar surface area (TPSA) is 91.6 Å². The van der Waals surface area contributed by atoms with Gasteiger partial charge in [-0.15, -0.1) is 0 Å². The highest BCUT2D eigenvalue weighted by molar-refractivity contribution is 7.59. The molecule has 3 aromatic rings. The molecule has 1 aliphatic rings. The first-order chi connectivity index (χ1) is 21.1. The lowest BCUT2D eigenvalue weighted by Gasteiger charge is -2.37. The van der Waals surface area contributed by atoms with Crippen molar-refractivity contribution >= 4 is 25.4 Å². The second kappa shape index (κ2) is 15.4. The van der Waals surface area contributed by atoms with E-state index in [1.54, 1.807) is 39.1 Å². The maximum absolute atomic E-state index is 15.8. The van der Waals surface area contributed by atoms with Crippen molar-refractivity contribution in [3.8, 4) is 11.1 Å². The van der Waals surface area contributed by atoms with Crippen LogP contribution in [-0.4, -0.2) is 46.1 Å². The molecule has 10 heteroatoms. The summed E-state index contributed by atoms with van der Waals surface area (Å²) in [5.41, 5.74) is 4.41. The van der Waals surface area contributed by atoms with Crippen LogP contribution in [0.25, 0.3) is 11.1 Å². The summed E-state index contributed by atoms with van der Waals surface area (Å²) in [4.78, 5) is 41.7. The van der Waals surface area contributed by atoms with Gasteiger partial charge < -0.3 is 19.9 Å². The average molecular weight is 656 g/mol. The molecule has 7 nitrogen and oxygen atoms in total. The molecule has 2 atom stereocenters. The molecule has 1 saturated heterocycles. The quantitative estimate of drug-likeness (QED) is 0.231. The number of aliphatic carboxylic acids is 1. The minimum Gasteiger partial charge on any atom is -0.481 e. The van der Waals surface area contributed by atoms with Crippen LogP contribution in [0, 0.1) is 51.2 Å². The molecule has 2 N–H and O–H groups in total. The highest BCUT2D eigenvalue weighted by Gasteiger charge is 2.30. The Labute approximate surface area is 277 Å². The maximum atomic E-state index is 15.8. The lowest BCUT2D eigenvalue weighted by atomic mass is 9.90. The smallest absolute Gasteiger partial charge is 0.305 e. The Balaban J connectivity index is 0.00000576. The Morgan fingerprint density at radius 2 is 1.61 bits per heavy atom. The summed E-state index contributed by atoms with van der Waals surface area (Å²) < 4.78 is 31.3. The van der Waals surface area contributed by atoms with Crippen molar-refractivity contribution in [1.82, 2.24) is 14.8 Å². The first-order valence-electron chi connectivity index (χ1n) is 15.7. The third-order valence-electron chi connectivity index (χ3n) is 8.71. The van der Waals surface area contributed by atoms with Gasteiger partial charge in [0.2, 0.25) is 5.91 Å². The van der Waals surface area contributed by atoms with E-state index in [1.165, 1.54) is 22.8 Å². The predicted molar refractivity (Wildman–Crippen MR) is 183 cm³/mol. The van der Waals surface area contributed by atoms with Crippen molar-refractivity contribution in [2.24, 2.45) is 11.8 Å². The summed E-state index contributed by atoms with van der Waals surface area (Å²) in [6, 6.07) is 5.37. The van der Waals surface area contributed by atoms with E-state index in [9.17, 15) is 23.9 Å². The molecular formula is C36H47F2N3O4S. The number of likely N-dealkylation sites (tertiary alicyclic amines) is 1. The van der Waals surface area contributed by atoms with Gasteiger partial charge in [-0.25, -0.2) is 8.78 Å². The van der Waals surface area contributed by atoms with Crippen LogP contribution in [0.1, 0.15) is 79.1 Å². The van der Waals surface area contributed by atoms with E-state index in [0.29, 0.717) is 34.6 Å². The van der Waals surface area contributed by atoms with Crippen LogP contribution in [-0.2, 0) is 16.0 Å². The van der Waals surface area contributed by atoms with Crippen molar-refractivity contribution in [2.75, 3.05) is 19.6 Å². The van der Waals surface area contributed by atoms with Crippen LogP contribution in [0.4, 0.5) is 8.78 Å². The molecule has 250 valence electrons. The van der Waals surface area contributed by atoms with Gasteiger partial charge in [-0.05, 0) is 116 Å². The Bertz CT molecular complexity index is 1630. The Morgan fingerprint density at radius 1 is 0.978 bits per heavy atom. The first-order valence-corrected chi connectivity index (χ1v) is 15.7. The van der Waals surface area contributed by atoms with Gasteiger partial charge in [0.25, 0.3) is 5.56 Å². The average Bonchev–Trinajstić information content (AvgIpc) is 2.90. The van der Waals surface area contributed by atoms with E-state index < -0.39 is 36.2 Å². The number of halogens is 2. The number of carbonyl (C=O) groups is 2. The zero-order valence-corrected chi connectivity index (χ0v) is 28.8. The molecule has 0 bridgehead atoms. The van der Waals surface area contributed by atoms with Crippen LogP contribution in [0.5, 0.6) is 0 Å². The number of aryl methyl sites for hydroxylation is 4. The normalized spacial score (nSPS) is 14.8. The number of hydrogen-bond acceptors (Lipinski definition) is 4. The number of pyridine rings is 1. The molecule has 0 aliphatic carbocycles. The van der Waals surface area contributed by atoms with Crippen LogP contribution in [0.15, 0.2) is 41.3 Å². The molecular weight excluding hydrogens is 608 g/mol. The predicted octanol–water partition coefficient (Wildman–Crippen LogP) is 6.55. The standard InChI is InChI=1S/C36H45F2N3O4.H2S/c1-20(2)10-31(41-19-26(22(4)14-32(41)42)8-9-40-17-21(3)18-40)36(45)39-30(16-33(43)44)29-15-27(11-25(7)35(29)38)34-23(5)12-28(37)13-24(34)6;/h11-15,19-21,30-31H,8-10,16-18H2,1-7H3,(H,39,45)(H,43,44);1H2/t30-,31?;/m0./s1. The molecule has 46 heavy (non-hydrogen) atoms. The Hall–Kier alpha value is -3.50. The molecule has 0 radical (unpaired) electrons. The van der Waals surface area contributed by atoms with Gasteiger partial charge in [-0.3, -0.25) is 14.4 Å². The minimum absolute atomic E-state index is 0. The summed E-state index contributed by atoms with van der Waals surface area (Å²) in [6.45, 7) is 16.0. The molecule has 1 aromatic heterocycles. The third-order valence-corrected chi connectivity index (χ3v) is 8.71. The molecule has 1 unspecified atom stereocenters. The molecule has 2 aromatic carbocycles. The van der Waals surface area contributed by atoms with Crippen LogP contribution in [0.2, 0.25) is 0 Å². The van der Waals surface area contributed by atoms with E-state index >= 15 is 4.39 Å². The second-order valence-electron chi connectivity index (χ2n) is 13.3. The fourth-order valence-corrected chi connectivity index (χ4v) is 6.52. The van der Waals surface area contributed by atoms with Gasteiger partial charge >= 0.3 is 5.97 Å². The lowest BCUT2D eigenvalue weighted by molar-refractivity contribution is -0.138. The number of carboxylic acid groups (broad SMARTS) is 1. The summed E-state index contributed by atoms with van der Waals surface area (Å²) in [5.74, 6) is -2.07. The molecule has 1 fully saturated rings. The molecule has 0 saturated carbocycles. The van der Waals surface area contributed by atoms with E-state index in [4.69, 9.17) is 0 Å². The largest absolute Gasteiger partial charge is 0.481 e. The summed E-state index contributed by atoms with van der Waals surface area (Å²) in [5, 5.41) is 12.6. The summed E-state index contributed by atoms with van der Waals surface area (Å²) in [6.07, 6.45) is 2.25. The van der Waals surface area contributed by atoms with Gasteiger partial charge in [0.1, 0.15) is 17.7 Å². The number of amides is 1. The van der Waals surface area contributed by atoms with E-state index in [1.807, 2.05) is 20.8 Å². The fraction of sp³-hybridized carbons (Fsp3) is 0.472. The van der Waals surface area contributed by atoms with Gasteiger partial charge in [0.15, 0.2) is 0 Å². The molecule has 4 rings (SSSR count). The van der Waals surface area contributed by atoms with Crippen LogP contribution < -0.4 is 10.9 Å². The van der Waals surface area contributed by atoms with Crippen molar-refractivity contribution in [2.45, 2.75) is 79.8 Å². The number of nitrogens with zero attached hydrogens (tertiary/aromatic N) is 2. The van der Waals surface area contributed by atoms with Crippen LogP contribution >= 0.6 is 13.5 Å². The Morgan fingerprint density at radius 3 is 2.17 bits per heavy atom. The highest BCUT2D eigenvalue weighted by Crippen LogP contribution is 2.34. The van der Waals surface area contributed by atoms with Gasteiger partial charge in [-0.2, -0.15) is 13.5 Å². The lowest BCUT2D eigenvalue weighted by Crippen LogP contribution is -2.46. The molecule has 2 heterocycles. The van der Waals surface area contributed by atoms with Crippen molar-refractivity contribution in [3.05, 3.63) is 91.9 Å². The minimum atomic E-state index is -1.22. The summed E-state index contributed by atoms with van der Waals surface area (Å²) >= 11 is 0. The van der Waals surface area contributed by atoms with E-state index in [2.05, 4.69) is 17.1 Å². The van der Waals surface area contributed by atoms with Gasteiger partial charge in [-0.1, -0.05) is 20.8 Å².